The highest BCUT2D eigenvalue weighted by molar-refractivity contribution is 9.10. The van der Waals surface area contributed by atoms with Crippen molar-refractivity contribution in [1.82, 2.24) is 19.9 Å². The second-order valence-electron chi connectivity index (χ2n) is 6.13. The van der Waals surface area contributed by atoms with Gasteiger partial charge < -0.3 is 4.98 Å². The number of rotatable bonds is 2. The van der Waals surface area contributed by atoms with Crippen LogP contribution in [0.3, 0.4) is 0 Å². The molecule has 130 valence electrons. The largest absolute Gasteiger partial charge is 0.451 e. The zero-order valence-corrected chi connectivity index (χ0v) is 14.7. The quantitative estimate of drug-likeness (QED) is 0.684. The molecule has 4 rings (SSSR count). The molecule has 0 radical (unpaired) electrons. The van der Waals surface area contributed by atoms with Gasteiger partial charge in [-0.2, -0.15) is 13.2 Å². The maximum absolute atomic E-state index is 12.8. The molecule has 4 nitrogen and oxygen atoms in total. The monoisotopic (exact) mass is 410 g/mol. The van der Waals surface area contributed by atoms with Crippen LogP contribution in [0.5, 0.6) is 0 Å². The topological polar surface area (TPSA) is 44.8 Å². The van der Waals surface area contributed by atoms with Gasteiger partial charge in [-0.1, -0.05) is 22.0 Å². The number of aromatic amines is 1. The normalized spacial score (nSPS) is 15.5. The molecular weight excluding hydrogens is 397 g/mol. The van der Waals surface area contributed by atoms with Crippen molar-refractivity contribution in [2.75, 3.05) is 6.54 Å². The second kappa shape index (κ2) is 6.10. The van der Waals surface area contributed by atoms with Crippen molar-refractivity contribution in [3.05, 3.63) is 57.7 Å². The van der Waals surface area contributed by atoms with Crippen LogP contribution in [-0.2, 0) is 25.7 Å². The maximum atomic E-state index is 12.8. The fourth-order valence-electron chi connectivity index (χ4n) is 3.16. The Bertz CT molecular complexity index is 935. The lowest BCUT2D eigenvalue weighted by Crippen LogP contribution is -2.31. The third kappa shape index (κ3) is 3.28. The third-order valence-electron chi connectivity index (χ3n) is 4.40. The van der Waals surface area contributed by atoms with Gasteiger partial charge in [0.05, 0.1) is 5.69 Å². The van der Waals surface area contributed by atoms with Crippen LogP contribution in [0, 0.1) is 0 Å². The minimum atomic E-state index is -4.51. The average molecular weight is 411 g/mol. The Morgan fingerprint density at radius 3 is 2.92 bits per heavy atom. The molecule has 1 aromatic carbocycles. The van der Waals surface area contributed by atoms with Crippen molar-refractivity contribution >= 4 is 26.8 Å². The van der Waals surface area contributed by atoms with Gasteiger partial charge in [-0.05, 0) is 29.7 Å². The Kier molecular flexibility index (Phi) is 4.04. The van der Waals surface area contributed by atoms with Crippen LogP contribution in [0.4, 0.5) is 13.2 Å². The molecule has 0 saturated heterocycles. The molecule has 0 atom stereocenters. The first kappa shape index (κ1) is 16.5. The summed E-state index contributed by atoms with van der Waals surface area (Å²) < 4.78 is 39.5. The van der Waals surface area contributed by atoms with Gasteiger partial charge in [-0.3, -0.25) is 4.90 Å². The van der Waals surface area contributed by atoms with Gasteiger partial charge in [0.25, 0.3) is 0 Å². The summed E-state index contributed by atoms with van der Waals surface area (Å²) in [6.45, 7) is 1.82. The Hall–Kier alpha value is -1.93. The number of halogens is 4. The summed E-state index contributed by atoms with van der Waals surface area (Å²) in [6, 6.07) is 6.02. The highest BCUT2D eigenvalue weighted by atomic mass is 79.9. The van der Waals surface area contributed by atoms with Gasteiger partial charge in [0.15, 0.2) is 0 Å². The zero-order valence-electron chi connectivity index (χ0n) is 13.1. The summed E-state index contributed by atoms with van der Waals surface area (Å²) in [7, 11) is 0. The lowest BCUT2D eigenvalue weighted by Gasteiger charge is -2.27. The predicted octanol–water partition coefficient (Wildman–Crippen LogP) is 4.30. The van der Waals surface area contributed by atoms with E-state index in [9.17, 15) is 13.2 Å². The molecule has 3 heterocycles. The number of nitrogens with one attached hydrogen (secondary N) is 1. The number of nitrogens with zero attached hydrogens (tertiary/aromatic N) is 3. The molecule has 1 N–H and O–H groups in total. The van der Waals surface area contributed by atoms with E-state index in [0.717, 1.165) is 33.0 Å². The number of hydrogen-bond acceptors (Lipinski definition) is 3. The smallest absolute Gasteiger partial charge is 0.361 e. The molecule has 0 bridgehead atoms. The molecule has 0 spiro atoms. The van der Waals surface area contributed by atoms with Crippen molar-refractivity contribution < 1.29 is 13.2 Å². The van der Waals surface area contributed by atoms with Crippen LogP contribution >= 0.6 is 15.9 Å². The molecule has 2 aromatic heterocycles. The van der Waals surface area contributed by atoms with Gasteiger partial charge in [-0.25, -0.2) is 9.97 Å². The summed E-state index contributed by atoms with van der Waals surface area (Å²) in [5.74, 6) is -1.06. The van der Waals surface area contributed by atoms with Crippen molar-refractivity contribution in [3.63, 3.8) is 0 Å². The van der Waals surface area contributed by atoms with Gasteiger partial charge >= 0.3 is 6.18 Å². The Morgan fingerprint density at radius 1 is 1.28 bits per heavy atom. The Morgan fingerprint density at radius 2 is 2.12 bits per heavy atom. The third-order valence-corrected chi connectivity index (χ3v) is 4.90. The molecule has 25 heavy (non-hydrogen) atoms. The summed E-state index contributed by atoms with van der Waals surface area (Å²) in [5, 5.41) is 1.12. The van der Waals surface area contributed by atoms with Crippen LogP contribution in [0.25, 0.3) is 10.9 Å². The first-order valence-electron chi connectivity index (χ1n) is 7.80. The molecule has 0 fully saturated rings. The standard InChI is InChI=1S/C17H14BrF3N4/c18-12-1-2-13-11(7-22-14(13)5-12)8-25-4-3-10-6-23-16(17(19,20)21)24-15(10)9-25/h1-2,5-7,22H,3-4,8-9H2. The predicted molar refractivity (Wildman–Crippen MR) is 90.9 cm³/mol. The Labute approximate surface area is 150 Å². The first-order valence-corrected chi connectivity index (χ1v) is 8.59. The highest BCUT2D eigenvalue weighted by Gasteiger charge is 2.35. The molecule has 0 aliphatic carbocycles. The summed E-state index contributed by atoms with van der Waals surface area (Å²) in [4.78, 5) is 12.5. The van der Waals surface area contributed by atoms with E-state index in [0.29, 0.717) is 25.2 Å². The van der Waals surface area contributed by atoms with Crippen LogP contribution < -0.4 is 0 Å². The molecule has 0 amide bonds. The molecule has 1 aliphatic rings. The number of H-pyrrole nitrogens is 1. The van der Waals surface area contributed by atoms with Crippen LogP contribution in [0.1, 0.15) is 22.6 Å². The minimum absolute atomic E-state index is 0.393. The van der Waals surface area contributed by atoms with Gasteiger partial charge in [0, 0.05) is 47.4 Å². The molecular formula is C17H14BrF3N4. The van der Waals surface area contributed by atoms with Gasteiger partial charge in [0.1, 0.15) is 0 Å². The summed E-state index contributed by atoms with van der Waals surface area (Å²) in [6.07, 6.45) is -0.595. The van der Waals surface area contributed by atoms with Crippen LogP contribution in [-0.4, -0.2) is 26.4 Å². The first-order chi connectivity index (χ1) is 11.9. The molecule has 0 saturated carbocycles. The fourth-order valence-corrected chi connectivity index (χ4v) is 3.52. The van der Waals surface area contributed by atoms with Gasteiger partial charge in [-0.15, -0.1) is 0 Å². The number of alkyl halides is 3. The highest BCUT2D eigenvalue weighted by Crippen LogP contribution is 2.29. The summed E-state index contributed by atoms with van der Waals surface area (Å²) in [5.41, 5.74) is 3.42. The molecule has 1 aliphatic heterocycles. The van der Waals surface area contributed by atoms with E-state index in [1.807, 2.05) is 24.4 Å². The van der Waals surface area contributed by atoms with E-state index in [4.69, 9.17) is 0 Å². The molecule has 0 unspecified atom stereocenters. The average Bonchev–Trinajstić information content (AvgIpc) is 2.95. The van der Waals surface area contributed by atoms with E-state index in [2.05, 4.69) is 35.8 Å². The van der Waals surface area contributed by atoms with E-state index in [-0.39, 0.29) is 0 Å². The van der Waals surface area contributed by atoms with Crippen molar-refractivity contribution in [3.8, 4) is 0 Å². The number of hydrogen-bond donors (Lipinski definition) is 1. The van der Waals surface area contributed by atoms with E-state index in [1.165, 1.54) is 6.20 Å². The van der Waals surface area contributed by atoms with Crippen molar-refractivity contribution in [2.24, 2.45) is 0 Å². The zero-order chi connectivity index (χ0) is 17.6. The minimum Gasteiger partial charge on any atom is -0.361 e. The Balaban J connectivity index is 1.57. The van der Waals surface area contributed by atoms with Crippen LogP contribution in [0.15, 0.2) is 35.1 Å². The maximum Gasteiger partial charge on any atom is 0.451 e. The lowest BCUT2D eigenvalue weighted by atomic mass is 10.1. The van der Waals surface area contributed by atoms with E-state index >= 15 is 0 Å². The number of aromatic nitrogens is 3. The molecule has 3 aromatic rings. The number of benzene rings is 1. The lowest BCUT2D eigenvalue weighted by molar-refractivity contribution is -0.145. The fraction of sp³-hybridized carbons (Fsp3) is 0.294. The van der Waals surface area contributed by atoms with E-state index < -0.39 is 12.0 Å². The van der Waals surface area contributed by atoms with Gasteiger partial charge in [0.2, 0.25) is 5.82 Å². The van der Waals surface area contributed by atoms with E-state index in [1.54, 1.807) is 0 Å². The SMILES string of the molecule is FC(F)(F)c1ncc2c(n1)CN(Cc1c[nH]c3cc(Br)ccc13)CC2. The summed E-state index contributed by atoms with van der Waals surface area (Å²) >= 11 is 3.44. The van der Waals surface area contributed by atoms with Crippen molar-refractivity contribution in [1.29, 1.82) is 0 Å². The van der Waals surface area contributed by atoms with Crippen LogP contribution in [0.2, 0.25) is 0 Å². The second-order valence-corrected chi connectivity index (χ2v) is 7.04. The molecule has 8 heteroatoms. The van der Waals surface area contributed by atoms with Crippen molar-refractivity contribution in [2.45, 2.75) is 25.7 Å². The number of fused-ring (bicyclic) bond motifs is 2.